The van der Waals surface area contributed by atoms with Gasteiger partial charge in [0.25, 0.3) is 0 Å². The number of hydrogen-bond donors (Lipinski definition) is 2. The molecule has 1 aliphatic carbocycles. The second kappa shape index (κ2) is 6.58. The fraction of sp³-hybridized carbons (Fsp3) is 0.692. The van der Waals surface area contributed by atoms with E-state index in [-0.39, 0.29) is 24.0 Å². The maximum absolute atomic E-state index is 5.14. The zero-order valence-electron chi connectivity index (χ0n) is 12.0. The van der Waals surface area contributed by atoms with E-state index in [1.807, 2.05) is 13.8 Å². The summed E-state index contributed by atoms with van der Waals surface area (Å²) in [4.78, 5) is 4.22. The molecule has 0 amide bonds. The summed E-state index contributed by atoms with van der Waals surface area (Å²) in [5, 5.41) is 10.6. The first kappa shape index (κ1) is 16.3. The van der Waals surface area contributed by atoms with Gasteiger partial charge in [0.1, 0.15) is 5.76 Å². The topological polar surface area (TPSA) is 62.5 Å². The Labute approximate surface area is 131 Å². The SMILES string of the molecule is CN=C(NCc1c(C)noc1C)NCC1(C)CC1.I. The van der Waals surface area contributed by atoms with Crippen molar-refractivity contribution in [1.29, 1.82) is 0 Å². The van der Waals surface area contributed by atoms with E-state index in [4.69, 9.17) is 4.52 Å². The van der Waals surface area contributed by atoms with Crippen LogP contribution in [-0.4, -0.2) is 24.7 Å². The number of nitrogens with zero attached hydrogens (tertiary/aromatic N) is 2. The largest absolute Gasteiger partial charge is 0.361 e. The Morgan fingerprint density at radius 3 is 2.53 bits per heavy atom. The molecule has 1 heterocycles. The molecule has 0 atom stereocenters. The fourth-order valence-corrected chi connectivity index (χ4v) is 1.83. The molecule has 0 aromatic carbocycles. The van der Waals surface area contributed by atoms with Gasteiger partial charge in [0, 0.05) is 25.7 Å². The second-order valence-corrected chi connectivity index (χ2v) is 5.39. The van der Waals surface area contributed by atoms with Gasteiger partial charge >= 0.3 is 0 Å². The minimum Gasteiger partial charge on any atom is -0.361 e. The Kier molecular flexibility index (Phi) is 5.64. The minimum absolute atomic E-state index is 0. The third-order valence-electron chi connectivity index (χ3n) is 3.62. The molecule has 0 bridgehead atoms. The van der Waals surface area contributed by atoms with Crippen LogP contribution in [0.5, 0.6) is 0 Å². The number of aliphatic imine (C=N–C) groups is 1. The molecular formula is C13H23IN4O. The zero-order valence-corrected chi connectivity index (χ0v) is 14.4. The molecule has 1 aromatic heterocycles. The normalized spacial score (nSPS) is 16.7. The molecule has 0 radical (unpaired) electrons. The van der Waals surface area contributed by atoms with Gasteiger partial charge in [0.05, 0.1) is 5.69 Å². The molecule has 0 spiro atoms. The molecule has 2 N–H and O–H groups in total. The number of aryl methyl sites for hydroxylation is 2. The molecule has 0 unspecified atom stereocenters. The summed E-state index contributed by atoms with van der Waals surface area (Å²) in [6.07, 6.45) is 2.61. The summed E-state index contributed by atoms with van der Waals surface area (Å²) in [5.41, 5.74) is 2.51. The lowest BCUT2D eigenvalue weighted by atomic mass is 10.1. The Morgan fingerprint density at radius 1 is 1.37 bits per heavy atom. The van der Waals surface area contributed by atoms with Gasteiger partial charge < -0.3 is 15.2 Å². The van der Waals surface area contributed by atoms with Crippen LogP contribution < -0.4 is 10.6 Å². The third-order valence-corrected chi connectivity index (χ3v) is 3.62. The van der Waals surface area contributed by atoms with E-state index in [0.717, 1.165) is 29.5 Å². The molecule has 0 aliphatic heterocycles. The van der Waals surface area contributed by atoms with Crippen molar-refractivity contribution < 1.29 is 4.52 Å². The number of guanidine groups is 1. The van der Waals surface area contributed by atoms with Gasteiger partial charge in [0.2, 0.25) is 0 Å². The van der Waals surface area contributed by atoms with Gasteiger partial charge in [-0.3, -0.25) is 4.99 Å². The average molecular weight is 378 g/mol. The zero-order chi connectivity index (χ0) is 13.2. The molecule has 6 heteroatoms. The maximum atomic E-state index is 5.14. The average Bonchev–Trinajstić information content (AvgIpc) is 3.00. The molecule has 108 valence electrons. The van der Waals surface area contributed by atoms with Crippen LogP contribution in [0.1, 0.15) is 36.8 Å². The summed E-state index contributed by atoms with van der Waals surface area (Å²) >= 11 is 0. The molecule has 0 saturated heterocycles. The number of rotatable bonds is 4. The second-order valence-electron chi connectivity index (χ2n) is 5.39. The number of nitrogens with one attached hydrogen (secondary N) is 2. The third kappa shape index (κ3) is 4.36. The van der Waals surface area contributed by atoms with Gasteiger partial charge in [-0.25, -0.2) is 0 Å². The summed E-state index contributed by atoms with van der Waals surface area (Å²) < 4.78 is 5.14. The Hall–Kier alpha value is -0.790. The van der Waals surface area contributed by atoms with Crippen molar-refractivity contribution in [3.8, 4) is 0 Å². The Morgan fingerprint density at radius 2 is 2.05 bits per heavy atom. The van der Waals surface area contributed by atoms with Gasteiger partial charge in [-0.05, 0) is 32.1 Å². The lowest BCUT2D eigenvalue weighted by Gasteiger charge is -2.14. The van der Waals surface area contributed by atoms with Crippen LogP contribution in [0.15, 0.2) is 9.52 Å². The molecular weight excluding hydrogens is 355 g/mol. The van der Waals surface area contributed by atoms with E-state index < -0.39 is 0 Å². The molecule has 19 heavy (non-hydrogen) atoms. The molecule has 2 rings (SSSR count). The predicted molar refractivity (Wildman–Crippen MR) is 86.9 cm³/mol. The van der Waals surface area contributed by atoms with Crippen molar-refractivity contribution in [2.24, 2.45) is 10.4 Å². The highest BCUT2D eigenvalue weighted by Crippen LogP contribution is 2.43. The first-order chi connectivity index (χ1) is 8.54. The Balaban J connectivity index is 0.00000180. The van der Waals surface area contributed by atoms with E-state index in [1.165, 1.54) is 12.8 Å². The van der Waals surface area contributed by atoms with Crippen molar-refractivity contribution in [2.75, 3.05) is 13.6 Å². The minimum atomic E-state index is 0. The highest BCUT2D eigenvalue weighted by molar-refractivity contribution is 14.0. The van der Waals surface area contributed by atoms with Crippen molar-refractivity contribution in [3.63, 3.8) is 0 Å². The molecule has 1 saturated carbocycles. The first-order valence-corrected chi connectivity index (χ1v) is 6.40. The smallest absolute Gasteiger partial charge is 0.191 e. The van der Waals surface area contributed by atoms with E-state index in [2.05, 4.69) is 27.7 Å². The van der Waals surface area contributed by atoms with Crippen molar-refractivity contribution >= 4 is 29.9 Å². The molecule has 5 nitrogen and oxygen atoms in total. The number of aromatic nitrogens is 1. The molecule has 1 aromatic rings. The van der Waals surface area contributed by atoms with Crippen LogP contribution in [0.2, 0.25) is 0 Å². The van der Waals surface area contributed by atoms with Gasteiger partial charge in [-0.1, -0.05) is 12.1 Å². The van der Waals surface area contributed by atoms with Crippen LogP contribution in [0.4, 0.5) is 0 Å². The van der Waals surface area contributed by atoms with Crippen molar-refractivity contribution in [2.45, 2.75) is 40.2 Å². The summed E-state index contributed by atoms with van der Waals surface area (Å²) in [6.45, 7) is 7.85. The van der Waals surface area contributed by atoms with E-state index in [9.17, 15) is 0 Å². The number of hydrogen-bond acceptors (Lipinski definition) is 3. The lowest BCUT2D eigenvalue weighted by Crippen LogP contribution is -2.39. The predicted octanol–water partition coefficient (Wildman–Crippen LogP) is 2.37. The summed E-state index contributed by atoms with van der Waals surface area (Å²) in [6, 6.07) is 0. The quantitative estimate of drug-likeness (QED) is 0.480. The van der Waals surface area contributed by atoms with E-state index in [1.54, 1.807) is 7.05 Å². The highest BCUT2D eigenvalue weighted by Gasteiger charge is 2.36. The highest BCUT2D eigenvalue weighted by atomic mass is 127. The lowest BCUT2D eigenvalue weighted by molar-refractivity contribution is 0.392. The van der Waals surface area contributed by atoms with E-state index in [0.29, 0.717) is 12.0 Å². The number of halogens is 1. The fourth-order valence-electron chi connectivity index (χ4n) is 1.83. The maximum Gasteiger partial charge on any atom is 0.191 e. The van der Waals surface area contributed by atoms with Gasteiger partial charge in [-0.15, -0.1) is 24.0 Å². The standard InChI is InChI=1S/C13H22N4O.HI/c1-9-11(10(2)18-17-9)7-15-12(14-4)16-8-13(3)5-6-13;/h5-8H2,1-4H3,(H2,14,15,16);1H. The summed E-state index contributed by atoms with van der Waals surface area (Å²) in [5.74, 6) is 1.70. The molecule has 1 fully saturated rings. The van der Waals surface area contributed by atoms with E-state index >= 15 is 0 Å². The van der Waals surface area contributed by atoms with Gasteiger partial charge in [-0.2, -0.15) is 0 Å². The molecule has 1 aliphatic rings. The van der Waals surface area contributed by atoms with Crippen LogP contribution in [0.25, 0.3) is 0 Å². The van der Waals surface area contributed by atoms with Crippen molar-refractivity contribution in [3.05, 3.63) is 17.0 Å². The van der Waals surface area contributed by atoms with Crippen LogP contribution in [0, 0.1) is 19.3 Å². The van der Waals surface area contributed by atoms with Gasteiger partial charge in [0.15, 0.2) is 5.96 Å². The van der Waals surface area contributed by atoms with Crippen molar-refractivity contribution in [1.82, 2.24) is 15.8 Å². The van der Waals surface area contributed by atoms with Crippen LogP contribution >= 0.6 is 24.0 Å². The van der Waals surface area contributed by atoms with Crippen LogP contribution in [-0.2, 0) is 6.54 Å². The Bertz CT molecular complexity index is 432. The monoisotopic (exact) mass is 378 g/mol. The van der Waals surface area contributed by atoms with Crippen LogP contribution in [0.3, 0.4) is 0 Å². The summed E-state index contributed by atoms with van der Waals surface area (Å²) in [7, 11) is 1.79. The first-order valence-electron chi connectivity index (χ1n) is 6.40.